The van der Waals surface area contributed by atoms with Crippen molar-refractivity contribution < 1.29 is 9.59 Å². The Kier molecular flexibility index (Phi) is 6.45. The fourth-order valence-corrected chi connectivity index (χ4v) is 6.86. The lowest BCUT2D eigenvalue weighted by Gasteiger charge is -2.42. The smallest absolute Gasteiger partial charge is 0.251 e. The predicted octanol–water partition coefficient (Wildman–Crippen LogP) is 6.27. The van der Waals surface area contributed by atoms with E-state index in [-0.39, 0.29) is 23.9 Å². The van der Waals surface area contributed by atoms with Crippen LogP contribution in [0.5, 0.6) is 0 Å². The van der Waals surface area contributed by atoms with Crippen molar-refractivity contribution in [3.8, 4) is 0 Å². The van der Waals surface area contributed by atoms with E-state index in [1.807, 2.05) is 30.3 Å². The third-order valence-corrected chi connectivity index (χ3v) is 8.66. The zero-order valence-electron chi connectivity index (χ0n) is 21.2. The van der Waals surface area contributed by atoms with Gasteiger partial charge < -0.3 is 15.5 Å². The first-order chi connectivity index (χ1) is 18.1. The summed E-state index contributed by atoms with van der Waals surface area (Å²) >= 11 is 0. The van der Waals surface area contributed by atoms with Crippen LogP contribution in [0.15, 0.2) is 84.9 Å². The highest BCUT2D eigenvalue weighted by molar-refractivity contribution is 5.95. The minimum atomic E-state index is -0.481. The van der Waals surface area contributed by atoms with Gasteiger partial charge >= 0.3 is 0 Å². The van der Waals surface area contributed by atoms with Crippen molar-refractivity contribution in [1.82, 2.24) is 10.2 Å². The molecule has 3 atom stereocenters. The molecule has 2 amide bonds. The Labute approximate surface area is 219 Å². The standard InChI is InChI=1S/C32H35N3O2/c36-28(22-32(19-10-3-11-20-32)34-31(37)24-14-6-2-7-15-24)35-21-18-26-29(23-12-4-1-5-13-23)33-27-17-9-8-16-25(27)30(26)35/h1-2,4-9,12-17,26,29-30,33H,3,10-11,18-22H2,(H,34,37)/t26-,29+,30+/m0/s1. The number of hydrogen-bond donors (Lipinski definition) is 2. The Morgan fingerprint density at radius 3 is 2.30 bits per heavy atom. The van der Waals surface area contributed by atoms with Gasteiger partial charge in [0.1, 0.15) is 0 Å². The summed E-state index contributed by atoms with van der Waals surface area (Å²) in [6, 6.07) is 28.6. The zero-order valence-corrected chi connectivity index (χ0v) is 21.2. The quantitative estimate of drug-likeness (QED) is 0.441. The molecule has 0 unspecified atom stereocenters. The molecular weight excluding hydrogens is 458 g/mol. The number of nitrogens with zero attached hydrogens (tertiary/aromatic N) is 1. The van der Waals surface area contributed by atoms with Crippen LogP contribution in [0.4, 0.5) is 5.69 Å². The maximum atomic E-state index is 14.1. The number of carbonyl (C=O) groups is 2. The van der Waals surface area contributed by atoms with Crippen LogP contribution in [-0.2, 0) is 4.79 Å². The van der Waals surface area contributed by atoms with Crippen LogP contribution in [0.1, 0.15) is 78.5 Å². The second-order valence-electron chi connectivity index (χ2n) is 10.9. The van der Waals surface area contributed by atoms with Crippen LogP contribution >= 0.6 is 0 Å². The van der Waals surface area contributed by atoms with Gasteiger partial charge in [0.15, 0.2) is 0 Å². The highest BCUT2D eigenvalue weighted by Gasteiger charge is 2.47. The summed E-state index contributed by atoms with van der Waals surface area (Å²) in [5.41, 5.74) is 3.75. The molecule has 0 bridgehead atoms. The normalized spacial score (nSPS) is 23.9. The van der Waals surface area contributed by atoms with Crippen molar-refractivity contribution in [3.63, 3.8) is 0 Å². The van der Waals surface area contributed by atoms with E-state index < -0.39 is 5.54 Å². The number of fused-ring (bicyclic) bond motifs is 3. The first-order valence-corrected chi connectivity index (χ1v) is 13.7. The number of carbonyl (C=O) groups excluding carboxylic acids is 2. The maximum Gasteiger partial charge on any atom is 0.251 e. The fourth-order valence-electron chi connectivity index (χ4n) is 6.86. The molecule has 2 fully saturated rings. The molecule has 5 nitrogen and oxygen atoms in total. The summed E-state index contributed by atoms with van der Waals surface area (Å²) in [5.74, 6) is 0.389. The number of benzene rings is 3. The minimum Gasteiger partial charge on any atom is -0.378 e. The van der Waals surface area contributed by atoms with E-state index in [0.717, 1.165) is 50.8 Å². The molecule has 3 aromatic carbocycles. The van der Waals surface area contributed by atoms with E-state index in [0.29, 0.717) is 17.9 Å². The Morgan fingerprint density at radius 1 is 0.865 bits per heavy atom. The Balaban J connectivity index is 1.27. The highest BCUT2D eigenvalue weighted by atomic mass is 16.2. The molecule has 5 heteroatoms. The van der Waals surface area contributed by atoms with E-state index in [9.17, 15) is 9.59 Å². The van der Waals surface area contributed by atoms with E-state index in [4.69, 9.17) is 0 Å². The van der Waals surface area contributed by atoms with Crippen molar-refractivity contribution in [2.24, 2.45) is 5.92 Å². The SMILES string of the molecule is O=C(NC1(CC(=O)N2CC[C@H]3[C@@H](c4ccccc4)Nc4ccccc4[C@H]32)CCCCC1)c1ccccc1. The molecule has 2 N–H and O–H groups in total. The van der Waals surface area contributed by atoms with Crippen molar-refractivity contribution in [2.75, 3.05) is 11.9 Å². The monoisotopic (exact) mass is 493 g/mol. The van der Waals surface area contributed by atoms with Gasteiger partial charge in [0.05, 0.1) is 12.1 Å². The molecule has 1 saturated carbocycles. The predicted molar refractivity (Wildman–Crippen MR) is 146 cm³/mol. The molecule has 3 aliphatic rings. The molecule has 3 aromatic rings. The lowest BCUT2D eigenvalue weighted by Crippen LogP contribution is -2.53. The molecule has 0 aromatic heterocycles. The number of rotatable bonds is 5. The van der Waals surface area contributed by atoms with Crippen LogP contribution in [-0.4, -0.2) is 28.8 Å². The number of hydrogen-bond acceptors (Lipinski definition) is 3. The van der Waals surface area contributed by atoms with Crippen LogP contribution in [0.3, 0.4) is 0 Å². The van der Waals surface area contributed by atoms with Gasteiger partial charge in [-0.3, -0.25) is 9.59 Å². The van der Waals surface area contributed by atoms with Gasteiger partial charge in [-0.1, -0.05) is 86.0 Å². The summed E-state index contributed by atoms with van der Waals surface area (Å²) in [4.78, 5) is 29.4. The van der Waals surface area contributed by atoms with Crippen molar-refractivity contribution in [3.05, 3.63) is 102 Å². The van der Waals surface area contributed by atoms with E-state index in [1.165, 1.54) is 11.1 Å². The van der Waals surface area contributed by atoms with E-state index >= 15 is 0 Å². The van der Waals surface area contributed by atoms with E-state index in [2.05, 4.69) is 70.1 Å². The topological polar surface area (TPSA) is 61.4 Å². The number of anilines is 1. The summed E-state index contributed by atoms with van der Waals surface area (Å²) in [7, 11) is 0. The maximum absolute atomic E-state index is 14.1. The molecule has 190 valence electrons. The van der Waals surface area contributed by atoms with Gasteiger partial charge in [-0.15, -0.1) is 0 Å². The van der Waals surface area contributed by atoms with Crippen LogP contribution in [0.25, 0.3) is 0 Å². The average molecular weight is 494 g/mol. The van der Waals surface area contributed by atoms with Gasteiger partial charge in [-0.25, -0.2) is 0 Å². The van der Waals surface area contributed by atoms with Crippen LogP contribution < -0.4 is 10.6 Å². The van der Waals surface area contributed by atoms with Crippen LogP contribution in [0, 0.1) is 5.92 Å². The minimum absolute atomic E-state index is 0.0422. The van der Waals surface area contributed by atoms with Gasteiger partial charge in [0.2, 0.25) is 5.91 Å². The van der Waals surface area contributed by atoms with Crippen molar-refractivity contribution in [1.29, 1.82) is 0 Å². The molecule has 0 spiro atoms. The second kappa shape index (κ2) is 10.0. The molecule has 2 heterocycles. The van der Waals surface area contributed by atoms with Gasteiger partial charge in [0, 0.05) is 35.7 Å². The Morgan fingerprint density at radius 2 is 1.54 bits per heavy atom. The number of nitrogens with one attached hydrogen (secondary N) is 2. The molecule has 0 radical (unpaired) electrons. The zero-order chi connectivity index (χ0) is 25.2. The Hall–Kier alpha value is -3.60. The summed E-state index contributed by atoms with van der Waals surface area (Å²) in [6.45, 7) is 0.746. The third kappa shape index (κ3) is 4.63. The molecule has 1 saturated heterocycles. The van der Waals surface area contributed by atoms with Crippen molar-refractivity contribution in [2.45, 2.75) is 62.6 Å². The molecule has 6 rings (SSSR count). The van der Waals surface area contributed by atoms with Gasteiger partial charge in [-0.05, 0) is 48.6 Å². The van der Waals surface area contributed by atoms with Crippen LogP contribution in [0.2, 0.25) is 0 Å². The molecule has 2 aliphatic heterocycles. The first-order valence-electron chi connectivity index (χ1n) is 13.7. The fraction of sp³-hybridized carbons (Fsp3) is 0.375. The molecular formula is C32H35N3O2. The lowest BCUT2D eigenvalue weighted by atomic mass is 9.78. The second-order valence-corrected chi connectivity index (χ2v) is 10.9. The molecule has 37 heavy (non-hydrogen) atoms. The van der Waals surface area contributed by atoms with E-state index in [1.54, 1.807) is 0 Å². The summed E-state index contributed by atoms with van der Waals surface area (Å²) in [6.07, 6.45) is 6.26. The lowest BCUT2D eigenvalue weighted by molar-refractivity contribution is -0.134. The number of amides is 2. The highest BCUT2D eigenvalue weighted by Crippen LogP contribution is 2.51. The largest absolute Gasteiger partial charge is 0.378 e. The summed E-state index contributed by atoms with van der Waals surface area (Å²) in [5, 5.41) is 7.11. The Bertz CT molecular complexity index is 1250. The average Bonchev–Trinajstić information content (AvgIpc) is 3.40. The summed E-state index contributed by atoms with van der Waals surface area (Å²) < 4.78 is 0. The number of para-hydroxylation sites is 1. The van der Waals surface area contributed by atoms with Gasteiger partial charge in [0.25, 0.3) is 5.91 Å². The van der Waals surface area contributed by atoms with Gasteiger partial charge in [-0.2, -0.15) is 0 Å². The third-order valence-electron chi connectivity index (χ3n) is 8.66. The number of likely N-dealkylation sites (tertiary alicyclic amines) is 1. The van der Waals surface area contributed by atoms with Crippen molar-refractivity contribution >= 4 is 17.5 Å². The molecule has 1 aliphatic carbocycles. The first kappa shape index (κ1) is 23.8.